The molecular weight excluding hydrogens is 191 g/mol. The van der Waals surface area contributed by atoms with Crippen molar-refractivity contribution < 1.29 is 29.1 Å². The molecule has 78 valence electrons. The number of hydrogen-bond donors (Lipinski definition) is 2. The van der Waals surface area contributed by atoms with Crippen LogP contribution >= 0.6 is 0 Å². The van der Waals surface area contributed by atoms with Crippen LogP contribution in [0.2, 0.25) is 5.82 Å². The number of methoxy groups -OCH3 is 2. The number of esters is 2. The first-order valence-corrected chi connectivity index (χ1v) is 4.03. The highest BCUT2D eigenvalue weighted by atomic mass is 16.5. The smallest absolute Gasteiger partial charge is 0.456 e. The van der Waals surface area contributed by atoms with E-state index in [0.29, 0.717) is 0 Å². The molecule has 1 rings (SSSR count). The Bertz CT molecular complexity index is 247. The second kappa shape index (κ2) is 3.59. The average molecular weight is 202 g/mol. The highest BCUT2D eigenvalue weighted by Gasteiger charge is 2.71. The van der Waals surface area contributed by atoms with Gasteiger partial charge in [0.2, 0.25) is 0 Å². The standard InChI is InChI=1S/C7H11BO6/c1-13-5(9)7(6(10)14-2)3-4(7)8(11)12/h4,11-12H,3H2,1-2H3. The zero-order valence-corrected chi connectivity index (χ0v) is 7.89. The van der Waals surface area contributed by atoms with Gasteiger partial charge in [0.25, 0.3) is 0 Å². The van der Waals surface area contributed by atoms with Gasteiger partial charge in [0.1, 0.15) is 0 Å². The van der Waals surface area contributed by atoms with Crippen LogP contribution in [0.1, 0.15) is 6.42 Å². The van der Waals surface area contributed by atoms with Gasteiger partial charge in [0.05, 0.1) is 14.2 Å². The highest BCUT2D eigenvalue weighted by molar-refractivity contribution is 6.47. The van der Waals surface area contributed by atoms with Crippen molar-refractivity contribution in [2.75, 3.05) is 14.2 Å². The second-order valence-corrected chi connectivity index (χ2v) is 3.18. The Balaban J connectivity index is 2.86. The maximum atomic E-state index is 11.3. The van der Waals surface area contributed by atoms with Crippen molar-refractivity contribution >= 4 is 19.1 Å². The second-order valence-electron chi connectivity index (χ2n) is 3.18. The maximum absolute atomic E-state index is 11.3. The van der Waals surface area contributed by atoms with Crippen LogP contribution in [0.4, 0.5) is 0 Å². The lowest BCUT2D eigenvalue weighted by Crippen LogP contribution is -2.32. The van der Waals surface area contributed by atoms with E-state index in [1.165, 1.54) is 0 Å². The van der Waals surface area contributed by atoms with Gasteiger partial charge in [-0.15, -0.1) is 0 Å². The molecule has 1 atom stereocenters. The molecule has 14 heavy (non-hydrogen) atoms. The lowest BCUT2D eigenvalue weighted by atomic mass is 9.78. The van der Waals surface area contributed by atoms with Crippen LogP contribution in [0.15, 0.2) is 0 Å². The average Bonchev–Trinajstić information content (AvgIpc) is 2.91. The molecule has 1 aliphatic rings. The molecule has 0 aliphatic heterocycles. The first-order chi connectivity index (χ1) is 6.50. The van der Waals surface area contributed by atoms with E-state index < -0.39 is 30.3 Å². The van der Waals surface area contributed by atoms with E-state index in [0.717, 1.165) is 14.2 Å². The van der Waals surface area contributed by atoms with E-state index in [9.17, 15) is 9.59 Å². The van der Waals surface area contributed by atoms with Crippen LogP contribution in [-0.4, -0.2) is 43.3 Å². The SMILES string of the molecule is COC(=O)C1(C(=O)OC)CC1B(O)O. The van der Waals surface area contributed by atoms with Gasteiger partial charge in [-0.25, -0.2) is 0 Å². The monoisotopic (exact) mass is 202 g/mol. The molecule has 0 aromatic carbocycles. The summed E-state index contributed by atoms with van der Waals surface area (Å²) in [6.07, 6.45) is 0.0456. The third-order valence-corrected chi connectivity index (χ3v) is 2.47. The molecule has 0 radical (unpaired) electrons. The largest absolute Gasteiger partial charge is 0.468 e. The number of rotatable bonds is 3. The van der Waals surface area contributed by atoms with Gasteiger partial charge in [0.15, 0.2) is 5.41 Å². The topological polar surface area (TPSA) is 93.1 Å². The van der Waals surface area contributed by atoms with Crippen LogP contribution in [-0.2, 0) is 19.1 Å². The Morgan fingerprint density at radius 2 is 1.71 bits per heavy atom. The van der Waals surface area contributed by atoms with Gasteiger partial charge < -0.3 is 19.5 Å². The van der Waals surface area contributed by atoms with Crippen LogP contribution in [0, 0.1) is 5.41 Å². The minimum Gasteiger partial charge on any atom is -0.468 e. The Kier molecular flexibility index (Phi) is 2.82. The van der Waals surface area contributed by atoms with Gasteiger partial charge in [-0.3, -0.25) is 9.59 Å². The van der Waals surface area contributed by atoms with Gasteiger partial charge in [0, 0.05) is 5.82 Å². The van der Waals surface area contributed by atoms with Gasteiger partial charge in [-0.1, -0.05) is 0 Å². The fraction of sp³-hybridized carbons (Fsp3) is 0.714. The molecule has 1 fully saturated rings. The van der Waals surface area contributed by atoms with Crippen molar-refractivity contribution in [1.29, 1.82) is 0 Å². The molecule has 6 nitrogen and oxygen atoms in total. The molecule has 2 N–H and O–H groups in total. The van der Waals surface area contributed by atoms with Crippen molar-refractivity contribution in [3.8, 4) is 0 Å². The van der Waals surface area contributed by atoms with Crippen LogP contribution < -0.4 is 0 Å². The van der Waals surface area contributed by atoms with Crippen molar-refractivity contribution in [3.63, 3.8) is 0 Å². The molecule has 0 amide bonds. The van der Waals surface area contributed by atoms with Crippen LogP contribution in [0.3, 0.4) is 0 Å². The molecule has 0 spiro atoms. The summed E-state index contributed by atoms with van der Waals surface area (Å²) in [5, 5.41) is 17.7. The van der Waals surface area contributed by atoms with E-state index in [4.69, 9.17) is 10.0 Å². The predicted molar refractivity (Wildman–Crippen MR) is 45.0 cm³/mol. The van der Waals surface area contributed by atoms with E-state index in [1.54, 1.807) is 0 Å². The third kappa shape index (κ3) is 1.38. The molecule has 0 aromatic rings. The Morgan fingerprint density at radius 1 is 1.29 bits per heavy atom. The molecule has 1 aliphatic carbocycles. The van der Waals surface area contributed by atoms with Gasteiger partial charge >= 0.3 is 19.1 Å². The minimum atomic E-state index is -1.71. The van der Waals surface area contributed by atoms with Crippen molar-refractivity contribution in [1.82, 2.24) is 0 Å². The fourth-order valence-corrected chi connectivity index (χ4v) is 1.56. The molecule has 7 heteroatoms. The summed E-state index contributed by atoms with van der Waals surface area (Å²) in [5.74, 6) is -2.41. The summed E-state index contributed by atoms with van der Waals surface area (Å²) in [6.45, 7) is 0. The van der Waals surface area contributed by atoms with E-state index >= 15 is 0 Å². The van der Waals surface area contributed by atoms with Gasteiger partial charge in [-0.05, 0) is 6.42 Å². The first kappa shape index (κ1) is 11.0. The van der Waals surface area contributed by atoms with Crippen LogP contribution in [0.25, 0.3) is 0 Å². The molecular formula is C7H11BO6. The lowest BCUT2D eigenvalue weighted by Gasteiger charge is -2.11. The van der Waals surface area contributed by atoms with E-state index in [2.05, 4.69) is 9.47 Å². The van der Waals surface area contributed by atoms with Crippen molar-refractivity contribution in [2.45, 2.75) is 12.2 Å². The van der Waals surface area contributed by atoms with Gasteiger partial charge in [-0.2, -0.15) is 0 Å². The molecule has 0 bridgehead atoms. The van der Waals surface area contributed by atoms with E-state index in [-0.39, 0.29) is 6.42 Å². The normalized spacial score (nSPS) is 22.4. The maximum Gasteiger partial charge on any atom is 0.456 e. The lowest BCUT2D eigenvalue weighted by molar-refractivity contribution is -0.161. The Labute approximate surface area is 81.0 Å². The van der Waals surface area contributed by atoms with Crippen molar-refractivity contribution in [2.24, 2.45) is 5.41 Å². The number of carbonyl (C=O) groups excluding carboxylic acids is 2. The molecule has 1 saturated carbocycles. The first-order valence-electron chi connectivity index (χ1n) is 4.03. The minimum absolute atomic E-state index is 0.0456. The summed E-state index contributed by atoms with van der Waals surface area (Å²) in [5.41, 5.74) is -1.52. The molecule has 0 heterocycles. The highest BCUT2D eigenvalue weighted by Crippen LogP contribution is 2.60. The summed E-state index contributed by atoms with van der Waals surface area (Å²) in [7, 11) is 0.548. The Hall–Kier alpha value is -1.08. The molecule has 0 saturated heterocycles. The van der Waals surface area contributed by atoms with Crippen LogP contribution in [0.5, 0.6) is 0 Å². The summed E-state index contributed by atoms with van der Waals surface area (Å²) < 4.78 is 8.84. The zero-order chi connectivity index (χ0) is 10.9. The Morgan fingerprint density at radius 3 is 1.93 bits per heavy atom. The third-order valence-electron chi connectivity index (χ3n) is 2.47. The predicted octanol–water partition coefficient (Wildman–Crippen LogP) is -1.43. The summed E-state index contributed by atoms with van der Waals surface area (Å²) >= 11 is 0. The zero-order valence-electron chi connectivity index (χ0n) is 7.89. The fourth-order valence-electron chi connectivity index (χ4n) is 1.56. The summed E-state index contributed by atoms with van der Waals surface area (Å²) in [6, 6.07) is 0. The van der Waals surface area contributed by atoms with E-state index in [1.807, 2.05) is 0 Å². The quantitative estimate of drug-likeness (QED) is 0.331. The number of ether oxygens (including phenoxy) is 2. The molecule has 1 unspecified atom stereocenters. The summed E-state index contributed by atoms with van der Waals surface area (Å²) in [4.78, 5) is 22.5. The number of hydrogen-bond acceptors (Lipinski definition) is 6. The number of carbonyl (C=O) groups is 2. The van der Waals surface area contributed by atoms with Crippen molar-refractivity contribution in [3.05, 3.63) is 0 Å². The molecule has 0 aromatic heterocycles.